The van der Waals surface area contributed by atoms with E-state index in [1.165, 1.54) is 0 Å². The van der Waals surface area contributed by atoms with Gasteiger partial charge >= 0.3 is 0 Å². The highest BCUT2D eigenvalue weighted by Crippen LogP contribution is 2.05. The van der Waals surface area contributed by atoms with Gasteiger partial charge in [0, 0.05) is 24.9 Å². The number of sulfonamides is 1. The van der Waals surface area contributed by atoms with E-state index in [4.69, 9.17) is 18.0 Å². The zero-order valence-corrected chi connectivity index (χ0v) is 11.8. The van der Waals surface area contributed by atoms with Gasteiger partial charge in [0.1, 0.15) is 5.25 Å². The van der Waals surface area contributed by atoms with Crippen LogP contribution in [0.2, 0.25) is 0 Å². The normalized spacial score (nSPS) is 13.2. The Morgan fingerprint density at radius 1 is 1.56 bits per heavy atom. The molecule has 1 heterocycles. The van der Waals surface area contributed by atoms with Crippen molar-refractivity contribution in [1.82, 2.24) is 9.71 Å². The maximum absolute atomic E-state index is 11.9. The first-order valence-electron chi connectivity index (χ1n) is 5.65. The van der Waals surface area contributed by atoms with Gasteiger partial charge in [0.25, 0.3) is 0 Å². The molecule has 0 aliphatic carbocycles. The van der Waals surface area contributed by atoms with Crippen molar-refractivity contribution in [2.75, 3.05) is 6.54 Å². The molecule has 0 radical (unpaired) electrons. The zero-order valence-electron chi connectivity index (χ0n) is 10.2. The van der Waals surface area contributed by atoms with Crippen LogP contribution in [-0.2, 0) is 16.4 Å². The molecule has 0 amide bonds. The number of hydrogen-bond acceptors (Lipinski definition) is 4. The van der Waals surface area contributed by atoms with Crippen molar-refractivity contribution in [3.05, 3.63) is 30.1 Å². The van der Waals surface area contributed by atoms with E-state index in [1.807, 2.05) is 18.2 Å². The summed E-state index contributed by atoms with van der Waals surface area (Å²) in [7, 11) is -3.49. The predicted octanol–water partition coefficient (Wildman–Crippen LogP) is 0.608. The van der Waals surface area contributed by atoms with Crippen molar-refractivity contribution in [1.29, 1.82) is 0 Å². The van der Waals surface area contributed by atoms with Crippen molar-refractivity contribution < 1.29 is 8.42 Å². The smallest absolute Gasteiger partial charge is 0.221 e. The summed E-state index contributed by atoms with van der Waals surface area (Å²) in [5.41, 5.74) is 6.25. The lowest BCUT2D eigenvalue weighted by Crippen LogP contribution is -2.42. The first-order valence-corrected chi connectivity index (χ1v) is 7.60. The monoisotopic (exact) mass is 287 g/mol. The molecule has 0 saturated carbocycles. The minimum atomic E-state index is -3.49. The summed E-state index contributed by atoms with van der Waals surface area (Å²) in [4.78, 5) is 4.12. The van der Waals surface area contributed by atoms with Crippen molar-refractivity contribution in [3.63, 3.8) is 0 Å². The summed E-state index contributed by atoms with van der Waals surface area (Å²) in [6.07, 6.45) is 2.58. The Kier molecular flexibility index (Phi) is 5.64. The molecule has 1 rings (SSSR count). The van der Waals surface area contributed by atoms with Crippen LogP contribution in [0.1, 0.15) is 19.0 Å². The Balaban J connectivity index is 2.55. The van der Waals surface area contributed by atoms with Crippen LogP contribution in [0.4, 0.5) is 0 Å². The first-order chi connectivity index (χ1) is 8.47. The molecule has 0 fully saturated rings. The predicted molar refractivity (Wildman–Crippen MR) is 75.7 cm³/mol. The number of pyridine rings is 1. The van der Waals surface area contributed by atoms with Gasteiger partial charge in [0.2, 0.25) is 10.0 Å². The fourth-order valence-electron chi connectivity index (χ4n) is 1.54. The number of nitrogens with two attached hydrogens (primary N) is 1. The quantitative estimate of drug-likeness (QED) is 0.718. The molecule has 0 saturated heterocycles. The van der Waals surface area contributed by atoms with E-state index in [0.29, 0.717) is 19.4 Å². The first kappa shape index (κ1) is 15.0. The van der Waals surface area contributed by atoms with Crippen molar-refractivity contribution in [2.45, 2.75) is 25.0 Å². The summed E-state index contributed by atoms with van der Waals surface area (Å²) in [5, 5.41) is -0.809. The van der Waals surface area contributed by atoms with Crippen LogP contribution in [0.5, 0.6) is 0 Å². The highest BCUT2D eigenvalue weighted by atomic mass is 32.2. The summed E-state index contributed by atoms with van der Waals surface area (Å²) < 4.78 is 26.3. The van der Waals surface area contributed by atoms with Gasteiger partial charge in [-0.25, -0.2) is 13.1 Å². The van der Waals surface area contributed by atoms with Crippen LogP contribution in [0.25, 0.3) is 0 Å². The van der Waals surface area contributed by atoms with E-state index < -0.39 is 15.3 Å². The third-order valence-electron chi connectivity index (χ3n) is 2.47. The van der Waals surface area contributed by atoms with Gasteiger partial charge < -0.3 is 5.73 Å². The summed E-state index contributed by atoms with van der Waals surface area (Å²) in [6.45, 7) is 2.03. The molecular weight excluding hydrogens is 270 g/mol. The van der Waals surface area contributed by atoms with Gasteiger partial charge in [-0.2, -0.15) is 0 Å². The van der Waals surface area contributed by atoms with Crippen molar-refractivity contribution >= 4 is 27.2 Å². The molecule has 18 heavy (non-hydrogen) atoms. The number of nitrogens with one attached hydrogen (secondary N) is 1. The minimum absolute atomic E-state index is 0.00263. The molecule has 0 bridgehead atoms. The van der Waals surface area contributed by atoms with E-state index >= 15 is 0 Å². The molecule has 1 atom stereocenters. The molecule has 0 aliphatic rings. The molecule has 0 aromatic carbocycles. The van der Waals surface area contributed by atoms with E-state index in [1.54, 1.807) is 13.1 Å². The lowest BCUT2D eigenvalue weighted by molar-refractivity contribution is 0.574. The number of nitrogens with zero attached hydrogens (tertiary/aromatic N) is 1. The van der Waals surface area contributed by atoms with Gasteiger partial charge in [-0.05, 0) is 18.6 Å². The van der Waals surface area contributed by atoms with Crippen molar-refractivity contribution in [2.24, 2.45) is 5.73 Å². The second-order valence-corrected chi connectivity index (χ2v) is 6.23. The molecule has 1 aromatic heterocycles. The van der Waals surface area contributed by atoms with Crippen LogP contribution in [0.3, 0.4) is 0 Å². The van der Waals surface area contributed by atoms with Gasteiger partial charge in [0.05, 0.1) is 4.99 Å². The Hall–Kier alpha value is -1.05. The van der Waals surface area contributed by atoms with Crippen molar-refractivity contribution in [3.8, 4) is 0 Å². The van der Waals surface area contributed by atoms with E-state index in [9.17, 15) is 8.42 Å². The number of aromatic nitrogens is 1. The number of rotatable bonds is 7. The van der Waals surface area contributed by atoms with Gasteiger partial charge in [0.15, 0.2) is 0 Å². The molecule has 1 aromatic rings. The third-order valence-corrected chi connectivity index (χ3v) is 4.85. The largest absolute Gasteiger partial charge is 0.392 e. The molecule has 1 unspecified atom stereocenters. The highest BCUT2D eigenvalue weighted by molar-refractivity contribution is 7.93. The second-order valence-electron chi connectivity index (χ2n) is 3.81. The van der Waals surface area contributed by atoms with Crippen LogP contribution in [0, 0.1) is 0 Å². The lowest BCUT2D eigenvalue weighted by atomic mass is 10.3. The van der Waals surface area contributed by atoms with Crippen LogP contribution < -0.4 is 10.5 Å². The Morgan fingerprint density at radius 3 is 2.78 bits per heavy atom. The number of hydrogen-bond donors (Lipinski definition) is 2. The Bertz CT molecular complexity index is 488. The summed E-state index contributed by atoms with van der Waals surface area (Å²) in [6, 6.07) is 5.52. The Labute approximate surface area is 113 Å². The maximum Gasteiger partial charge on any atom is 0.221 e. The third kappa shape index (κ3) is 4.32. The molecule has 3 N–H and O–H groups in total. The molecular formula is C11H17N3O2S2. The highest BCUT2D eigenvalue weighted by Gasteiger charge is 2.25. The minimum Gasteiger partial charge on any atom is -0.392 e. The molecule has 0 aliphatic heterocycles. The van der Waals surface area contributed by atoms with Gasteiger partial charge in [-0.15, -0.1) is 0 Å². The second kappa shape index (κ2) is 6.77. The van der Waals surface area contributed by atoms with Gasteiger partial charge in [-0.3, -0.25) is 4.98 Å². The van der Waals surface area contributed by atoms with E-state index in [-0.39, 0.29) is 4.99 Å². The van der Waals surface area contributed by atoms with Crippen LogP contribution >= 0.6 is 12.2 Å². The molecule has 0 spiro atoms. The topological polar surface area (TPSA) is 85.1 Å². The maximum atomic E-state index is 11.9. The summed E-state index contributed by atoms with van der Waals surface area (Å²) in [5.74, 6) is 0. The van der Waals surface area contributed by atoms with Crippen LogP contribution in [0.15, 0.2) is 24.4 Å². The molecule has 7 heteroatoms. The fraction of sp³-hybridized carbons (Fsp3) is 0.455. The zero-order chi connectivity index (χ0) is 13.6. The van der Waals surface area contributed by atoms with Gasteiger partial charge in [-0.1, -0.05) is 25.2 Å². The number of thiocarbonyl (C=S) groups is 1. The standard InChI is InChI=1S/C11H17N3O2S2/c1-2-10(11(12)17)18(15,16)14-8-6-9-5-3-4-7-13-9/h3-5,7,10,14H,2,6,8H2,1H3,(H2,12,17). The fourth-order valence-corrected chi connectivity index (χ4v) is 3.42. The van der Waals surface area contributed by atoms with Crippen LogP contribution in [-0.4, -0.2) is 30.2 Å². The van der Waals surface area contributed by atoms with E-state index in [2.05, 4.69) is 9.71 Å². The molecule has 5 nitrogen and oxygen atoms in total. The molecule has 100 valence electrons. The average Bonchev–Trinajstić information content (AvgIpc) is 2.30. The SMILES string of the molecule is CCC(C(N)=S)S(=O)(=O)NCCc1ccccn1. The Morgan fingerprint density at radius 2 is 2.28 bits per heavy atom. The summed E-state index contributed by atoms with van der Waals surface area (Å²) >= 11 is 4.75. The lowest BCUT2D eigenvalue weighted by Gasteiger charge is -2.14. The average molecular weight is 287 g/mol. The van der Waals surface area contributed by atoms with E-state index in [0.717, 1.165) is 5.69 Å².